The fraction of sp³-hybridized carbons (Fsp3) is 0.419. The number of aliphatic hydroxyl groups is 1. The molecule has 9 heteroatoms. The second-order valence-corrected chi connectivity index (χ2v) is 15.2. The molecule has 2 bridgehead atoms. The molecule has 1 aliphatic carbocycles. The van der Waals surface area contributed by atoms with Crippen molar-refractivity contribution >= 4 is 22.7 Å². The highest BCUT2D eigenvalue weighted by atomic mass is 35.5. The van der Waals surface area contributed by atoms with Crippen LogP contribution >= 0.6 is 0 Å². The summed E-state index contributed by atoms with van der Waals surface area (Å²) < 4.78 is 11.6. The van der Waals surface area contributed by atoms with E-state index in [2.05, 4.69) is 33.3 Å². The topological polar surface area (TPSA) is 86.4 Å². The number of carbonyl (C=O) groups is 2. The van der Waals surface area contributed by atoms with Crippen molar-refractivity contribution in [3.63, 3.8) is 0 Å². The largest absolute Gasteiger partial charge is 1.00 e. The van der Waals surface area contributed by atoms with Crippen LogP contribution in [0.25, 0.3) is 10.9 Å². The molecule has 5 heterocycles. The fourth-order valence-corrected chi connectivity index (χ4v) is 9.97. The van der Waals surface area contributed by atoms with Crippen molar-refractivity contribution < 1.29 is 36.3 Å². The number of halogens is 1. The number of aryl methyl sites for hydroxylation is 2. The Kier molecular flexibility index (Phi) is 10.2. The Labute approximate surface area is 312 Å². The Morgan fingerprint density at radius 2 is 1.50 bits per heavy atom. The number of para-hydroxylation sites is 1. The smallest absolute Gasteiger partial charge is 0.347 e. The molecule has 1 N–H and O–H groups in total. The summed E-state index contributed by atoms with van der Waals surface area (Å²) in [6, 6.07) is 27.8. The number of ether oxygens (including phenoxy) is 1. The molecular formula is C43H49ClN4O4. The lowest BCUT2D eigenvalue weighted by Crippen LogP contribution is -3.00. The van der Waals surface area contributed by atoms with Crippen LogP contribution in [0.15, 0.2) is 97.3 Å². The van der Waals surface area contributed by atoms with E-state index in [1.807, 2.05) is 61.7 Å². The van der Waals surface area contributed by atoms with Crippen LogP contribution in [-0.4, -0.2) is 66.7 Å². The third kappa shape index (κ3) is 6.18. The summed E-state index contributed by atoms with van der Waals surface area (Å²) >= 11 is 0. The molecule has 1 spiro atoms. The van der Waals surface area contributed by atoms with Crippen molar-refractivity contribution in [3.8, 4) is 0 Å². The summed E-state index contributed by atoms with van der Waals surface area (Å²) in [6.07, 6.45) is 12.6. The van der Waals surface area contributed by atoms with E-state index in [1.54, 1.807) is 30.5 Å². The van der Waals surface area contributed by atoms with Crippen LogP contribution in [0.3, 0.4) is 0 Å². The van der Waals surface area contributed by atoms with Crippen LogP contribution in [0.1, 0.15) is 77.9 Å². The van der Waals surface area contributed by atoms with Crippen LogP contribution in [-0.2, 0) is 35.1 Å². The SMILES string of the molecule is Cc1nccn1CC1CCc2c(c3ccccc3n2C)C1=O.O=C(OC1C[C@H]2CC[C@@H](C1)[N+]21CCCC1)C(O)(c1ccccc1)c1ccccc1.[Cl-]. The number of rotatable bonds is 6. The maximum atomic E-state index is 13.4. The van der Waals surface area contributed by atoms with Gasteiger partial charge in [0, 0.05) is 92.6 Å². The van der Waals surface area contributed by atoms with Gasteiger partial charge < -0.3 is 35.9 Å². The summed E-state index contributed by atoms with van der Waals surface area (Å²) in [5.74, 6) is 0.753. The zero-order valence-corrected chi connectivity index (χ0v) is 30.9. The molecule has 9 rings (SSSR count). The predicted octanol–water partition coefficient (Wildman–Crippen LogP) is 3.90. The lowest BCUT2D eigenvalue weighted by atomic mass is 9.85. The van der Waals surface area contributed by atoms with Gasteiger partial charge in [0.05, 0.1) is 25.2 Å². The minimum absolute atomic E-state index is 0. The van der Waals surface area contributed by atoms with Crippen molar-refractivity contribution in [1.82, 2.24) is 14.1 Å². The first kappa shape index (κ1) is 36.1. The number of aromatic nitrogens is 3. The van der Waals surface area contributed by atoms with E-state index >= 15 is 0 Å². The quantitative estimate of drug-likeness (QED) is 0.213. The Balaban J connectivity index is 0.000000164. The molecule has 272 valence electrons. The number of carbonyl (C=O) groups excluding carboxylic acids is 2. The van der Waals surface area contributed by atoms with Crippen molar-refractivity contribution in [2.24, 2.45) is 13.0 Å². The molecule has 4 atom stereocenters. The van der Waals surface area contributed by atoms with Gasteiger partial charge in [-0.15, -0.1) is 0 Å². The van der Waals surface area contributed by atoms with Crippen molar-refractivity contribution in [2.75, 3.05) is 13.1 Å². The van der Waals surface area contributed by atoms with Gasteiger partial charge in [-0.1, -0.05) is 78.9 Å². The Hall–Kier alpha value is -4.24. The molecule has 3 saturated heterocycles. The first-order chi connectivity index (χ1) is 24.8. The normalized spacial score (nSPS) is 23.1. The summed E-state index contributed by atoms with van der Waals surface area (Å²) in [7, 11) is 2.06. The van der Waals surface area contributed by atoms with Gasteiger partial charge in [-0.3, -0.25) is 4.79 Å². The third-order valence-electron chi connectivity index (χ3n) is 12.6. The summed E-state index contributed by atoms with van der Waals surface area (Å²) in [5.41, 5.74) is 2.60. The van der Waals surface area contributed by atoms with E-state index in [0.29, 0.717) is 23.2 Å². The van der Waals surface area contributed by atoms with E-state index in [9.17, 15) is 14.7 Å². The van der Waals surface area contributed by atoms with E-state index in [1.165, 1.54) is 48.9 Å². The number of nitrogens with zero attached hydrogens (tertiary/aromatic N) is 4. The van der Waals surface area contributed by atoms with Gasteiger partial charge in [0.2, 0.25) is 5.60 Å². The fourth-order valence-electron chi connectivity index (χ4n) is 9.97. The van der Waals surface area contributed by atoms with E-state index < -0.39 is 11.6 Å². The van der Waals surface area contributed by atoms with Gasteiger partial charge in [-0.2, -0.15) is 0 Å². The number of hydrogen-bond donors (Lipinski definition) is 1. The molecule has 3 aromatic carbocycles. The Bertz CT molecular complexity index is 1980. The van der Waals surface area contributed by atoms with Crippen molar-refractivity contribution in [1.29, 1.82) is 0 Å². The molecule has 0 radical (unpaired) electrons. The number of piperidine rings is 1. The highest BCUT2D eigenvalue weighted by Gasteiger charge is 2.56. The number of imidazole rings is 1. The first-order valence-electron chi connectivity index (χ1n) is 18.8. The molecule has 3 fully saturated rings. The lowest BCUT2D eigenvalue weighted by Gasteiger charge is -2.47. The molecule has 2 aromatic heterocycles. The maximum Gasteiger partial charge on any atom is 0.347 e. The standard InChI is InChI=1S/C25H30NO3.C18H19N3O.ClH/c27-24(25(28,19-9-3-1-4-10-19)20-11-5-2-6-12-20)29-23-17-21-13-14-22(18-23)26(21)15-7-8-16-26;1-12-19-9-10-21(12)11-13-7-8-16-17(18(13)22)14-5-3-4-6-15(14)20(16)2;/h1-6,9-12,21-23,28H,7-8,13-18H2;3-6,9-10,13H,7-8,11H2,1-2H3;1H/q+1;;/p-1/t21-,22+,23?;;. The zero-order chi connectivity index (χ0) is 35.2. The van der Waals surface area contributed by atoms with Gasteiger partial charge in [-0.25, -0.2) is 9.78 Å². The zero-order valence-electron chi connectivity index (χ0n) is 30.2. The summed E-state index contributed by atoms with van der Waals surface area (Å²) in [4.78, 5) is 30.7. The number of hydrogen-bond acceptors (Lipinski definition) is 5. The third-order valence-corrected chi connectivity index (χ3v) is 12.6. The summed E-state index contributed by atoms with van der Waals surface area (Å²) in [5, 5.41) is 12.7. The average Bonchev–Trinajstić information content (AvgIpc) is 3.92. The summed E-state index contributed by atoms with van der Waals surface area (Å²) in [6.45, 7) is 5.31. The number of esters is 1. The Morgan fingerprint density at radius 3 is 2.10 bits per heavy atom. The van der Waals surface area contributed by atoms with Crippen LogP contribution < -0.4 is 12.4 Å². The van der Waals surface area contributed by atoms with Gasteiger partial charge in [0.15, 0.2) is 5.78 Å². The molecule has 4 aliphatic rings. The van der Waals surface area contributed by atoms with Gasteiger partial charge in [-0.05, 0) is 37.0 Å². The Morgan fingerprint density at radius 1 is 0.904 bits per heavy atom. The van der Waals surface area contributed by atoms with Gasteiger partial charge in [0.25, 0.3) is 0 Å². The minimum Gasteiger partial charge on any atom is -1.00 e. The van der Waals surface area contributed by atoms with Gasteiger partial charge in [0.1, 0.15) is 11.9 Å². The lowest BCUT2D eigenvalue weighted by molar-refractivity contribution is -0.956. The van der Waals surface area contributed by atoms with E-state index in [0.717, 1.165) is 54.5 Å². The number of Topliss-reactive ketones (excluding diaryl/α,β-unsaturated/α-hetero) is 1. The number of quaternary nitrogens is 1. The van der Waals surface area contributed by atoms with Gasteiger partial charge >= 0.3 is 5.97 Å². The van der Waals surface area contributed by atoms with Crippen LogP contribution in [0, 0.1) is 12.8 Å². The first-order valence-corrected chi connectivity index (χ1v) is 18.8. The van der Waals surface area contributed by atoms with Crippen LogP contribution in [0.2, 0.25) is 0 Å². The number of ketones is 1. The number of benzene rings is 3. The maximum absolute atomic E-state index is 13.4. The van der Waals surface area contributed by atoms with Crippen molar-refractivity contribution in [2.45, 2.75) is 88.6 Å². The average molecular weight is 721 g/mol. The second kappa shape index (κ2) is 14.6. The molecule has 2 unspecified atom stereocenters. The molecular weight excluding hydrogens is 672 g/mol. The van der Waals surface area contributed by atoms with Crippen molar-refractivity contribution in [3.05, 3.63) is 126 Å². The minimum atomic E-state index is -1.78. The molecule has 0 amide bonds. The molecule has 0 saturated carbocycles. The van der Waals surface area contributed by atoms with E-state index in [-0.39, 0.29) is 30.2 Å². The predicted molar refractivity (Wildman–Crippen MR) is 197 cm³/mol. The molecule has 8 nitrogen and oxygen atoms in total. The highest BCUT2D eigenvalue weighted by Crippen LogP contribution is 2.47. The molecule has 5 aromatic rings. The molecule has 3 aliphatic heterocycles. The van der Waals surface area contributed by atoms with E-state index in [4.69, 9.17) is 4.74 Å². The second-order valence-electron chi connectivity index (χ2n) is 15.2. The monoisotopic (exact) mass is 720 g/mol. The van der Waals surface area contributed by atoms with Crippen LogP contribution in [0.4, 0.5) is 0 Å². The highest BCUT2D eigenvalue weighted by molar-refractivity contribution is 6.11. The van der Waals surface area contributed by atoms with Crippen LogP contribution in [0.5, 0.6) is 0 Å². The molecule has 52 heavy (non-hydrogen) atoms. The number of fused-ring (bicyclic) bond motifs is 3.